The van der Waals surface area contributed by atoms with Gasteiger partial charge in [0.2, 0.25) is 0 Å². The van der Waals surface area contributed by atoms with Gasteiger partial charge in [0.15, 0.2) is 0 Å². The topological polar surface area (TPSA) is 49.9 Å². The monoisotopic (exact) mass is 396 g/mol. The molecule has 4 fully saturated rings. The molecule has 1 aromatic rings. The van der Waals surface area contributed by atoms with Gasteiger partial charge < -0.3 is 14.5 Å². The number of amides is 2. The Morgan fingerprint density at radius 2 is 1.52 bits per heavy atom. The maximum absolute atomic E-state index is 12.9. The van der Waals surface area contributed by atoms with Crippen molar-refractivity contribution < 1.29 is 14.3 Å². The minimum Gasteiger partial charge on any atom is -0.368 e. The lowest BCUT2D eigenvalue weighted by Crippen LogP contribution is -2.54. The number of hydrogen-bond acceptors (Lipinski definition) is 3. The van der Waals surface area contributed by atoms with Crippen LogP contribution in [0.2, 0.25) is 0 Å². The quantitative estimate of drug-likeness (QED) is 0.786. The lowest BCUT2D eigenvalue weighted by atomic mass is 9.76. The molecular weight excluding hydrogens is 364 g/mol. The molecule has 2 aliphatic heterocycles. The number of rotatable bonds is 3. The average Bonchev–Trinajstić information content (AvgIpc) is 3.16. The van der Waals surface area contributed by atoms with Crippen molar-refractivity contribution in [1.82, 2.24) is 9.80 Å². The molecule has 0 radical (unpaired) electrons. The number of benzene rings is 1. The third-order valence-electron chi connectivity index (χ3n) is 7.77. The molecule has 0 aromatic heterocycles. The van der Waals surface area contributed by atoms with E-state index in [0.29, 0.717) is 38.7 Å². The number of piperazine rings is 1. The average molecular weight is 397 g/mol. The Bertz CT molecular complexity index is 750. The molecular formula is C24H32N2O3. The summed E-state index contributed by atoms with van der Waals surface area (Å²) >= 11 is 0. The molecule has 4 aliphatic rings. The van der Waals surface area contributed by atoms with Crippen molar-refractivity contribution in [2.45, 2.75) is 57.0 Å². The highest BCUT2D eigenvalue weighted by molar-refractivity contribution is 5.94. The van der Waals surface area contributed by atoms with Crippen molar-refractivity contribution in [3.8, 4) is 0 Å². The van der Waals surface area contributed by atoms with Crippen LogP contribution in [0, 0.1) is 11.8 Å². The molecule has 0 N–H and O–H groups in total. The van der Waals surface area contributed by atoms with Crippen molar-refractivity contribution in [3.63, 3.8) is 0 Å². The number of nitrogens with zero attached hydrogens (tertiary/aromatic N) is 2. The normalized spacial score (nSPS) is 31.9. The summed E-state index contributed by atoms with van der Waals surface area (Å²) in [5.74, 6) is 2.65. The minimum atomic E-state index is -0.246. The first-order valence-electron chi connectivity index (χ1n) is 11.5. The SMILES string of the molecule is O=C(c1ccc(C2CCC3CCCCC32)cc1)N1CCN(C(=O)C2CCO2)CC1. The molecule has 0 bridgehead atoms. The summed E-state index contributed by atoms with van der Waals surface area (Å²) in [5, 5.41) is 0. The van der Waals surface area contributed by atoms with Crippen LogP contribution in [0.4, 0.5) is 0 Å². The maximum atomic E-state index is 12.9. The zero-order valence-electron chi connectivity index (χ0n) is 17.2. The van der Waals surface area contributed by atoms with Gasteiger partial charge in [-0.15, -0.1) is 0 Å². The van der Waals surface area contributed by atoms with E-state index in [1.165, 1.54) is 44.1 Å². The fraction of sp³-hybridized carbons (Fsp3) is 0.667. The first kappa shape index (κ1) is 19.1. The summed E-state index contributed by atoms with van der Waals surface area (Å²) in [4.78, 5) is 29.0. The summed E-state index contributed by atoms with van der Waals surface area (Å²) in [6.07, 6.45) is 8.86. The Hall–Kier alpha value is -1.88. The zero-order valence-corrected chi connectivity index (χ0v) is 17.2. The number of fused-ring (bicyclic) bond motifs is 1. The van der Waals surface area contributed by atoms with Gasteiger partial charge in [-0.2, -0.15) is 0 Å². The molecule has 156 valence electrons. The van der Waals surface area contributed by atoms with Gasteiger partial charge in [0, 0.05) is 38.2 Å². The molecule has 5 heteroatoms. The van der Waals surface area contributed by atoms with Gasteiger partial charge in [0.25, 0.3) is 11.8 Å². The second-order valence-corrected chi connectivity index (χ2v) is 9.28. The highest BCUT2D eigenvalue weighted by Crippen LogP contribution is 2.50. The van der Waals surface area contributed by atoms with Gasteiger partial charge in [-0.1, -0.05) is 31.4 Å². The Morgan fingerprint density at radius 1 is 0.828 bits per heavy atom. The van der Waals surface area contributed by atoms with Gasteiger partial charge in [-0.3, -0.25) is 9.59 Å². The maximum Gasteiger partial charge on any atom is 0.253 e. The highest BCUT2D eigenvalue weighted by Gasteiger charge is 2.38. The van der Waals surface area contributed by atoms with Crippen molar-refractivity contribution >= 4 is 11.8 Å². The first-order chi connectivity index (χ1) is 14.2. The van der Waals surface area contributed by atoms with Gasteiger partial charge in [0.1, 0.15) is 6.10 Å². The van der Waals surface area contributed by atoms with Crippen molar-refractivity contribution in [2.24, 2.45) is 11.8 Å². The van der Waals surface area contributed by atoms with Crippen molar-refractivity contribution in [2.75, 3.05) is 32.8 Å². The van der Waals surface area contributed by atoms with E-state index in [0.717, 1.165) is 23.8 Å². The summed E-state index contributed by atoms with van der Waals surface area (Å²) in [5.41, 5.74) is 2.20. The van der Waals surface area contributed by atoms with E-state index in [1.54, 1.807) is 0 Å². The van der Waals surface area contributed by atoms with Crippen LogP contribution in [0.3, 0.4) is 0 Å². The fourth-order valence-corrected chi connectivity index (χ4v) is 5.97. The molecule has 5 rings (SSSR count). The Balaban J connectivity index is 1.18. The lowest BCUT2D eigenvalue weighted by Gasteiger charge is -2.38. The molecule has 1 aromatic carbocycles. The highest BCUT2D eigenvalue weighted by atomic mass is 16.5. The first-order valence-corrected chi connectivity index (χ1v) is 11.5. The van der Waals surface area contributed by atoms with E-state index >= 15 is 0 Å². The van der Waals surface area contributed by atoms with Gasteiger partial charge in [0.05, 0.1) is 6.61 Å². The molecule has 0 spiro atoms. The van der Waals surface area contributed by atoms with E-state index in [4.69, 9.17) is 4.74 Å². The largest absolute Gasteiger partial charge is 0.368 e. The van der Waals surface area contributed by atoms with Crippen LogP contribution < -0.4 is 0 Å². The summed E-state index contributed by atoms with van der Waals surface area (Å²) < 4.78 is 5.30. The predicted octanol–water partition coefficient (Wildman–Crippen LogP) is 3.44. The Morgan fingerprint density at radius 3 is 2.21 bits per heavy atom. The number of hydrogen-bond donors (Lipinski definition) is 0. The van der Waals surface area contributed by atoms with E-state index in [9.17, 15) is 9.59 Å². The van der Waals surface area contributed by atoms with Crippen molar-refractivity contribution in [1.29, 1.82) is 0 Å². The van der Waals surface area contributed by atoms with Crippen LogP contribution in [0.5, 0.6) is 0 Å². The van der Waals surface area contributed by atoms with Gasteiger partial charge >= 0.3 is 0 Å². The van der Waals surface area contributed by atoms with E-state index in [-0.39, 0.29) is 17.9 Å². The zero-order chi connectivity index (χ0) is 19.8. The fourth-order valence-electron chi connectivity index (χ4n) is 5.97. The summed E-state index contributed by atoms with van der Waals surface area (Å²) in [6.45, 7) is 3.10. The van der Waals surface area contributed by atoms with E-state index < -0.39 is 0 Å². The van der Waals surface area contributed by atoms with Crippen LogP contribution in [0.25, 0.3) is 0 Å². The van der Waals surface area contributed by atoms with Crippen LogP contribution in [0.15, 0.2) is 24.3 Å². The molecule has 29 heavy (non-hydrogen) atoms. The summed E-state index contributed by atoms with van der Waals surface area (Å²) in [7, 11) is 0. The molecule has 2 saturated heterocycles. The van der Waals surface area contributed by atoms with Gasteiger partial charge in [-0.25, -0.2) is 0 Å². The van der Waals surface area contributed by atoms with Crippen LogP contribution >= 0.6 is 0 Å². The predicted molar refractivity (Wildman–Crippen MR) is 111 cm³/mol. The van der Waals surface area contributed by atoms with E-state index in [1.807, 2.05) is 21.9 Å². The molecule has 2 aliphatic carbocycles. The second-order valence-electron chi connectivity index (χ2n) is 9.28. The smallest absolute Gasteiger partial charge is 0.253 e. The molecule has 4 atom stereocenters. The minimum absolute atomic E-state index is 0.0882. The third-order valence-corrected chi connectivity index (χ3v) is 7.77. The number of carbonyl (C=O) groups excluding carboxylic acids is 2. The third kappa shape index (κ3) is 3.70. The van der Waals surface area contributed by atoms with Crippen LogP contribution in [-0.4, -0.2) is 60.5 Å². The standard InChI is InChI=1S/C24H32N2O3/c27-23(25-12-14-26(15-13-25)24(28)22-11-16-29-22)19-7-5-18(6-8-19)21-10-9-17-3-1-2-4-20(17)21/h5-8,17,20-22H,1-4,9-16H2. The second kappa shape index (κ2) is 8.10. The number of carbonyl (C=O) groups is 2. The van der Waals surface area contributed by atoms with Gasteiger partial charge in [-0.05, 0) is 54.7 Å². The Kier molecular flexibility index (Phi) is 5.33. The van der Waals surface area contributed by atoms with Crippen LogP contribution in [0.1, 0.15) is 66.8 Å². The molecule has 2 amide bonds. The summed E-state index contributed by atoms with van der Waals surface area (Å²) in [6, 6.07) is 8.44. The molecule has 4 unspecified atom stereocenters. The lowest BCUT2D eigenvalue weighted by molar-refractivity contribution is -0.157. The molecule has 5 nitrogen and oxygen atoms in total. The number of ether oxygens (including phenoxy) is 1. The molecule has 2 heterocycles. The van der Waals surface area contributed by atoms with Crippen molar-refractivity contribution in [3.05, 3.63) is 35.4 Å². The van der Waals surface area contributed by atoms with E-state index in [2.05, 4.69) is 12.1 Å². The Labute approximate surface area is 173 Å². The molecule has 2 saturated carbocycles. The van der Waals surface area contributed by atoms with Crippen LogP contribution in [-0.2, 0) is 9.53 Å².